The van der Waals surface area contributed by atoms with Crippen molar-refractivity contribution in [2.75, 3.05) is 11.1 Å². The first-order valence-electron chi connectivity index (χ1n) is 13.2. The van der Waals surface area contributed by atoms with E-state index in [-0.39, 0.29) is 18.2 Å². The van der Waals surface area contributed by atoms with Gasteiger partial charge in [-0.1, -0.05) is 41.9 Å². The van der Waals surface area contributed by atoms with Gasteiger partial charge < -0.3 is 20.7 Å². The zero-order valence-electron chi connectivity index (χ0n) is 22.4. The van der Waals surface area contributed by atoms with E-state index in [0.29, 0.717) is 34.6 Å². The Hall–Kier alpha value is -3.85. The number of para-hydroxylation sites is 1. The fourth-order valence-electron chi connectivity index (χ4n) is 4.99. The molecule has 2 aromatic carbocycles. The lowest BCUT2D eigenvalue weighted by atomic mass is 9.90. The predicted molar refractivity (Wildman–Crippen MR) is 154 cm³/mol. The molecule has 1 amide bonds. The quantitative estimate of drug-likeness (QED) is 0.238. The first kappa shape index (κ1) is 26.7. The van der Waals surface area contributed by atoms with Crippen LogP contribution in [0.1, 0.15) is 52.0 Å². The number of hydrogen-bond donors (Lipinski definition) is 3. The molecule has 0 radical (unpaired) electrons. The number of nitrogens with zero attached hydrogens (tertiary/aromatic N) is 4. The van der Waals surface area contributed by atoms with Crippen molar-refractivity contribution in [2.24, 2.45) is 0 Å². The van der Waals surface area contributed by atoms with Crippen molar-refractivity contribution < 1.29 is 9.53 Å². The average molecular weight is 548 g/mol. The molecule has 9 nitrogen and oxygen atoms in total. The van der Waals surface area contributed by atoms with E-state index in [1.54, 1.807) is 6.20 Å². The molecular weight excluding hydrogens is 514 g/mol. The summed E-state index contributed by atoms with van der Waals surface area (Å²) >= 11 is 6.50. The Morgan fingerprint density at radius 3 is 2.69 bits per heavy atom. The molecule has 1 aliphatic carbocycles. The molecule has 0 unspecified atom stereocenters. The number of halogens is 1. The smallest absolute Gasteiger partial charge is 0.410 e. The maximum absolute atomic E-state index is 13.3. The average Bonchev–Trinajstić information content (AvgIpc) is 3.32. The minimum absolute atomic E-state index is 0.00860. The molecule has 2 atom stereocenters. The summed E-state index contributed by atoms with van der Waals surface area (Å²) in [5.74, 6) is 0.481. The Kier molecular flexibility index (Phi) is 7.61. The molecule has 39 heavy (non-hydrogen) atoms. The number of carbonyl (C=O) groups excluding carboxylic acids is 1. The van der Waals surface area contributed by atoms with Crippen LogP contribution >= 0.6 is 11.6 Å². The molecule has 1 aliphatic rings. The number of nitrogens with one attached hydrogen (secondary N) is 2. The van der Waals surface area contributed by atoms with Gasteiger partial charge in [-0.15, -0.1) is 0 Å². The second-order valence-electron chi connectivity index (χ2n) is 11.0. The van der Waals surface area contributed by atoms with Crippen molar-refractivity contribution in [3.8, 4) is 11.4 Å². The summed E-state index contributed by atoms with van der Waals surface area (Å²) in [6.07, 6.45) is 4.80. The van der Waals surface area contributed by atoms with Crippen LogP contribution in [0.15, 0.2) is 54.7 Å². The molecule has 2 aromatic heterocycles. The Balaban J connectivity index is 1.35. The van der Waals surface area contributed by atoms with E-state index in [4.69, 9.17) is 27.1 Å². The van der Waals surface area contributed by atoms with E-state index in [1.807, 2.05) is 74.2 Å². The number of nitrogen functional groups attached to an aromatic ring is 1. The number of carbonyl (C=O) groups is 1. The summed E-state index contributed by atoms with van der Waals surface area (Å²) in [7, 11) is 0. The molecule has 0 aliphatic heterocycles. The maximum atomic E-state index is 13.3. The normalized spacial score (nSPS) is 17.6. The van der Waals surface area contributed by atoms with E-state index in [1.165, 1.54) is 0 Å². The number of rotatable bonds is 6. The number of aromatic amines is 1. The van der Waals surface area contributed by atoms with Crippen molar-refractivity contribution in [3.05, 3.63) is 65.3 Å². The minimum atomic E-state index is -0.591. The van der Waals surface area contributed by atoms with E-state index in [9.17, 15) is 4.79 Å². The van der Waals surface area contributed by atoms with Gasteiger partial charge in [-0.05, 0) is 70.2 Å². The first-order valence-corrected chi connectivity index (χ1v) is 13.6. The lowest BCUT2D eigenvalue weighted by molar-refractivity contribution is 0.00938. The summed E-state index contributed by atoms with van der Waals surface area (Å²) in [5, 5.41) is 12.3. The second-order valence-corrected chi connectivity index (χ2v) is 11.4. The van der Waals surface area contributed by atoms with Crippen molar-refractivity contribution >= 4 is 40.2 Å². The Bertz CT molecular complexity index is 1450. The van der Waals surface area contributed by atoms with Crippen LogP contribution in [0.4, 0.5) is 16.4 Å². The van der Waals surface area contributed by atoms with Crippen LogP contribution in [0.3, 0.4) is 0 Å². The number of H-pyrrole nitrogens is 1. The van der Waals surface area contributed by atoms with E-state index >= 15 is 0 Å². The Morgan fingerprint density at radius 1 is 1.15 bits per heavy atom. The third-order valence-electron chi connectivity index (χ3n) is 6.82. The first-order chi connectivity index (χ1) is 18.7. The van der Waals surface area contributed by atoms with E-state index < -0.39 is 5.60 Å². The molecular formula is C29H34ClN7O2. The molecule has 4 N–H and O–H groups in total. The van der Waals surface area contributed by atoms with Gasteiger partial charge in [-0.3, -0.25) is 5.10 Å². The minimum Gasteiger partial charge on any atom is -0.444 e. The predicted octanol–water partition coefficient (Wildman–Crippen LogP) is 6.42. The molecule has 4 aromatic rings. The van der Waals surface area contributed by atoms with Gasteiger partial charge in [0.15, 0.2) is 0 Å². The van der Waals surface area contributed by atoms with Gasteiger partial charge >= 0.3 is 6.09 Å². The highest BCUT2D eigenvalue weighted by Gasteiger charge is 2.33. The zero-order chi connectivity index (χ0) is 27.6. The maximum Gasteiger partial charge on any atom is 0.410 e. The van der Waals surface area contributed by atoms with Crippen LogP contribution in [-0.4, -0.2) is 48.8 Å². The van der Waals surface area contributed by atoms with Gasteiger partial charge in [0, 0.05) is 29.7 Å². The van der Waals surface area contributed by atoms with Crippen LogP contribution in [0.25, 0.3) is 22.3 Å². The molecule has 204 valence electrons. The standard InChI is InChI=1S/C29H34ClN7O2/c1-29(2,3)39-28(38)37(17-18-11-13-19(31)14-12-18)21-8-6-7-20(15-21)33-27-32-16-23(30)26(34-27)25-22-9-4-5-10-24(22)35-36-25/h4-5,9-14,16,20-21H,6-8,15,17,31H2,1-3H3,(H,35,36)(H,32,33,34)/t20-,21+/m1/s1. The van der Waals surface area contributed by atoms with Crippen LogP contribution < -0.4 is 11.1 Å². The molecule has 0 spiro atoms. The second kappa shape index (κ2) is 11.1. The number of hydrogen-bond acceptors (Lipinski definition) is 7. The van der Waals surface area contributed by atoms with Crippen molar-refractivity contribution in [2.45, 2.75) is 70.7 Å². The van der Waals surface area contributed by atoms with Crippen LogP contribution in [-0.2, 0) is 11.3 Å². The zero-order valence-corrected chi connectivity index (χ0v) is 23.2. The highest BCUT2D eigenvalue weighted by atomic mass is 35.5. The van der Waals surface area contributed by atoms with Gasteiger partial charge in [0.05, 0.1) is 16.7 Å². The molecule has 1 fully saturated rings. The topological polar surface area (TPSA) is 122 Å². The number of anilines is 2. The highest BCUT2D eigenvalue weighted by Crippen LogP contribution is 2.32. The SMILES string of the molecule is CC(C)(C)OC(=O)N(Cc1ccc(N)cc1)[C@H]1CCC[C@@H](Nc2ncc(Cl)c(-c3n[nH]c4ccccc34)n2)C1. The van der Waals surface area contributed by atoms with E-state index in [2.05, 4.69) is 20.5 Å². The highest BCUT2D eigenvalue weighted by molar-refractivity contribution is 6.33. The number of ether oxygens (including phenoxy) is 1. The number of benzene rings is 2. The van der Waals surface area contributed by atoms with Gasteiger partial charge in [0.2, 0.25) is 5.95 Å². The van der Waals surface area contributed by atoms with Crippen molar-refractivity contribution in [1.82, 2.24) is 25.1 Å². The lowest BCUT2D eigenvalue weighted by Gasteiger charge is -2.38. The van der Waals surface area contributed by atoms with Crippen LogP contribution in [0, 0.1) is 0 Å². The molecule has 5 rings (SSSR count). The molecule has 2 heterocycles. The molecule has 10 heteroatoms. The number of aromatic nitrogens is 4. The monoisotopic (exact) mass is 547 g/mol. The third kappa shape index (κ3) is 6.42. The van der Waals surface area contributed by atoms with Gasteiger partial charge in [-0.25, -0.2) is 14.8 Å². The van der Waals surface area contributed by atoms with Crippen LogP contribution in [0.5, 0.6) is 0 Å². The van der Waals surface area contributed by atoms with Gasteiger partial charge in [-0.2, -0.15) is 5.10 Å². The summed E-state index contributed by atoms with van der Waals surface area (Å²) < 4.78 is 5.80. The summed E-state index contributed by atoms with van der Waals surface area (Å²) in [6, 6.07) is 15.5. The Labute approximate surface area is 233 Å². The van der Waals surface area contributed by atoms with Crippen molar-refractivity contribution in [3.63, 3.8) is 0 Å². The summed E-state index contributed by atoms with van der Waals surface area (Å²) in [4.78, 5) is 24.3. The number of nitrogens with two attached hydrogens (primary N) is 1. The van der Waals surface area contributed by atoms with Crippen molar-refractivity contribution in [1.29, 1.82) is 0 Å². The molecule has 0 bridgehead atoms. The third-order valence-corrected chi connectivity index (χ3v) is 7.10. The summed E-state index contributed by atoms with van der Waals surface area (Å²) in [5.41, 5.74) is 9.14. The fraction of sp³-hybridized carbons (Fsp3) is 0.379. The summed E-state index contributed by atoms with van der Waals surface area (Å²) in [6.45, 7) is 6.10. The van der Waals surface area contributed by atoms with Gasteiger partial charge in [0.1, 0.15) is 17.0 Å². The lowest BCUT2D eigenvalue weighted by Crippen LogP contribution is -2.46. The number of amides is 1. The van der Waals surface area contributed by atoms with E-state index in [0.717, 1.165) is 42.1 Å². The number of fused-ring (bicyclic) bond motifs is 1. The fourth-order valence-corrected chi connectivity index (χ4v) is 5.17. The van der Waals surface area contributed by atoms with Crippen LogP contribution in [0.2, 0.25) is 5.02 Å². The Morgan fingerprint density at radius 2 is 1.92 bits per heavy atom. The largest absolute Gasteiger partial charge is 0.444 e. The van der Waals surface area contributed by atoms with Gasteiger partial charge in [0.25, 0.3) is 0 Å². The molecule has 0 saturated heterocycles. The molecule has 1 saturated carbocycles.